The van der Waals surface area contributed by atoms with Gasteiger partial charge in [0.15, 0.2) is 0 Å². The summed E-state index contributed by atoms with van der Waals surface area (Å²) in [6, 6.07) is 7.17. The lowest BCUT2D eigenvalue weighted by atomic mass is 10.1. The maximum atomic E-state index is 11.1. The number of aromatic amines is 1. The molecular formula is C13H16N2O2. The third-order valence-corrected chi connectivity index (χ3v) is 2.79. The lowest BCUT2D eigenvalue weighted by Crippen LogP contribution is -2.38. The van der Waals surface area contributed by atoms with E-state index in [0.29, 0.717) is 13.0 Å². The molecule has 1 aromatic heterocycles. The van der Waals surface area contributed by atoms with Crippen LogP contribution in [0.5, 0.6) is 0 Å². The normalized spacial score (nSPS) is 13.5. The summed E-state index contributed by atoms with van der Waals surface area (Å²) in [5.41, 5.74) is 1.99. The van der Waals surface area contributed by atoms with Crippen molar-refractivity contribution >= 4 is 16.9 Å². The average Bonchev–Trinajstić information content (AvgIpc) is 2.77. The zero-order valence-electron chi connectivity index (χ0n) is 10.4. The summed E-state index contributed by atoms with van der Waals surface area (Å²) in [7, 11) is 0. The molecule has 4 nitrogen and oxygen atoms in total. The van der Waals surface area contributed by atoms with Gasteiger partial charge >= 0.3 is 5.97 Å². The lowest BCUT2D eigenvalue weighted by molar-refractivity contribution is -0.139. The van der Waals surface area contributed by atoms with Crippen LogP contribution in [0.3, 0.4) is 0 Å². The van der Waals surface area contributed by atoms with E-state index >= 15 is 0 Å². The first-order valence-electron chi connectivity index (χ1n) is 6.23. The zero-order chi connectivity index (χ0) is 13.0. The quantitative estimate of drug-likeness (QED) is 0.737. The van der Waals surface area contributed by atoms with Crippen molar-refractivity contribution in [3.8, 4) is 0 Å². The van der Waals surface area contributed by atoms with Gasteiger partial charge in [0.25, 0.3) is 0 Å². The maximum Gasteiger partial charge on any atom is 0.321 e. The summed E-state index contributed by atoms with van der Waals surface area (Å²) in [6.07, 6.45) is 2.27. The van der Waals surface area contributed by atoms with E-state index in [0.717, 1.165) is 16.5 Å². The molecule has 0 aliphatic rings. The Balaban J connectivity index is 2.18. The molecule has 4 heteroatoms. The molecule has 0 fully saturated rings. The molecule has 0 aliphatic heterocycles. The van der Waals surface area contributed by atoms with Crippen molar-refractivity contribution in [3.05, 3.63) is 36.0 Å². The summed E-state index contributed by atoms with van der Waals surface area (Å²) in [6.45, 7) is 0.566. The highest BCUT2D eigenvalue weighted by molar-refractivity contribution is 5.84. The molecule has 1 aromatic carbocycles. The molecule has 0 spiro atoms. The molecule has 0 unspecified atom stereocenters. The molecule has 1 heterocycles. The fourth-order valence-corrected chi connectivity index (χ4v) is 1.94. The molecule has 0 saturated carbocycles. The van der Waals surface area contributed by atoms with E-state index in [1.54, 1.807) is 0 Å². The van der Waals surface area contributed by atoms with E-state index in [4.69, 9.17) is 6.48 Å². The number of hydrogen-bond acceptors (Lipinski definition) is 2. The van der Waals surface area contributed by atoms with Crippen LogP contribution in [0.1, 0.15) is 13.8 Å². The van der Waals surface area contributed by atoms with Crippen molar-refractivity contribution < 1.29 is 11.3 Å². The summed E-state index contributed by atoms with van der Waals surface area (Å²) in [5.74, 6) is -0.881. The molecule has 90 valence electrons. The average molecular weight is 233 g/mol. The molecule has 0 amide bonds. The number of benzene rings is 1. The summed E-state index contributed by atoms with van der Waals surface area (Å²) in [5, 5.41) is 13.1. The first-order valence-corrected chi connectivity index (χ1v) is 5.53. The van der Waals surface area contributed by atoms with Gasteiger partial charge in [-0.1, -0.05) is 25.1 Å². The van der Waals surface area contributed by atoms with Gasteiger partial charge in [-0.15, -0.1) is 0 Å². The standard InChI is InChI=1S/C13H16N2O2/c1-2-14-12(13(16)17)7-9-8-15-11-6-4-3-5-10(9)11/h3-6,8,12,14-15H,2,7H2,1H3,(H,16,17)/t12-/m0/s1/i1D. The van der Waals surface area contributed by atoms with Crippen LogP contribution in [0.2, 0.25) is 0 Å². The van der Waals surface area contributed by atoms with Crippen LogP contribution in [-0.2, 0) is 11.2 Å². The molecule has 0 bridgehead atoms. The smallest absolute Gasteiger partial charge is 0.321 e. The van der Waals surface area contributed by atoms with Crippen LogP contribution < -0.4 is 5.32 Å². The number of carboxylic acids is 1. The number of para-hydroxylation sites is 1. The first kappa shape index (κ1) is 10.4. The molecule has 0 radical (unpaired) electrons. The van der Waals surface area contributed by atoms with Gasteiger partial charge in [-0.2, -0.15) is 0 Å². The summed E-state index contributed by atoms with van der Waals surface area (Å²) >= 11 is 0. The number of fused-ring (bicyclic) bond motifs is 1. The largest absolute Gasteiger partial charge is 0.480 e. The number of aromatic nitrogens is 1. The summed E-state index contributed by atoms with van der Waals surface area (Å²) < 4.78 is 7.06. The molecule has 17 heavy (non-hydrogen) atoms. The second-order valence-corrected chi connectivity index (χ2v) is 3.91. The van der Waals surface area contributed by atoms with Gasteiger partial charge in [-0.3, -0.25) is 4.79 Å². The lowest BCUT2D eigenvalue weighted by Gasteiger charge is -2.12. The van der Waals surface area contributed by atoms with Gasteiger partial charge in [0, 0.05) is 24.9 Å². The Hall–Kier alpha value is -1.81. The minimum absolute atomic E-state index is 0.178. The number of carboxylic acid groups (broad SMARTS) is 1. The van der Waals surface area contributed by atoms with Gasteiger partial charge < -0.3 is 15.4 Å². The number of H-pyrrole nitrogens is 1. The second kappa shape index (κ2) is 5.01. The molecule has 3 N–H and O–H groups in total. The molecular weight excluding hydrogens is 216 g/mol. The number of nitrogens with one attached hydrogen (secondary N) is 2. The highest BCUT2D eigenvalue weighted by atomic mass is 16.4. The fourth-order valence-electron chi connectivity index (χ4n) is 1.94. The first-order chi connectivity index (χ1) is 8.72. The third-order valence-electron chi connectivity index (χ3n) is 2.79. The molecule has 1 atom stereocenters. The maximum absolute atomic E-state index is 11.1. The van der Waals surface area contributed by atoms with Crippen LogP contribution in [0.4, 0.5) is 0 Å². The number of rotatable bonds is 5. The Morgan fingerprint density at radius 1 is 1.59 bits per heavy atom. The Labute approximate surface area is 101 Å². The van der Waals surface area contributed by atoms with Crippen LogP contribution in [-0.4, -0.2) is 28.6 Å². The molecule has 0 saturated heterocycles. The van der Waals surface area contributed by atoms with Crippen LogP contribution >= 0.6 is 0 Å². The molecule has 0 aliphatic carbocycles. The Morgan fingerprint density at radius 2 is 2.41 bits per heavy atom. The number of hydrogen-bond donors (Lipinski definition) is 3. The highest BCUT2D eigenvalue weighted by Crippen LogP contribution is 2.19. The Morgan fingerprint density at radius 3 is 3.18 bits per heavy atom. The van der Waals surface area contributed by atoms with E-state index < -0.39 is 12.0 Å². The Bertz CT molecular complexity index is 539. The van der Waals surface area contributed by atoms with Crippen molar-refractivity contribution in [2.75, 3.05) is 6.54 Å². The van der Waals surface area contributed by atoms with Crippen molar-refractivity contribution in [1.82, 2.24) is 10.3 Å². The monoisotopic (exact) mass is 233 g/mol. The third kappa shape index (κ3) is 2.47. The fraction of sp³-hybridized carbons (Fsp3) is 0.308. The van der Waals surface area contributed by atoms with E-state index in [1.165, 1.54) is 0 Å². The van der Waals surface area contributed by atoms with Gasteiger partial charge in [0.1, 0.15) is 6.04 Å². The summed E-state index contributed by atoms with van der Waals surface area (Å²) in [4.78, 5) is 14.3. The SMILES string of the molecule is [2H]CCN[C@@H](Cc1c[nH]c2ccccc12)C(=O)O. The predicted octanol–water partition coefficient (Wildman–Crippen LogP) is 1.77. The number of likely N-dealkylation sites (N-methyl/N-ethyl adjacent to an activating group) is 1. The van der Waals surface area contributed by atoms with Crippen molar-refractivity contribution in [1.29, 1.82) is 0 Å². The van der Waals surface area contributed by atoms with Gasteiger partial charge in [-0.25, -0.2) is 0 Å². The van der Waals surface area contributed by atoms with Gasteiger partial charge in [0.2, 0.25) is 0 Å². The van der Waals surface area contributed by atoms with E-state index in [2.05, 4.69) is 10.3 Å². The van der Waals surface area contributed by atoms with Crippen LogP contribution in [0, 0.1) is 0 Å². The highest BCUT2D eigenvalue weighted by Gasteiger charge is 2.17. The Kier molecular flexibility index (Phi) is 3.05. The minimum Gasteiger partial charge on any atom is -0.480 e. The minimum atomic E-state index is -0.881. The van der Waals surface area contributed by atoms with Crippen molar-refractivity contribution in [3.63, 3.8) is 0 Å². The van der Waals surface area contributed by atoms with Crippen LogP contribution in [0.15, 0.2) is 30.5 Å². The predicted molar refractivity (Wildman–Crippen MR) is 67.1 cm³/mol. The van der Waals surface area contributed by atoms with E-state index in [9.17, 15) is 4.79 Å². The van der Waals surface area contributed by atoms with E-state index in [1.807, 2.05) is 30.5 Å². The topological polar surface area (TPSA) is 65.1 Å². The molecule has 2 aromatic rings. The number of aliphatic carboxylic acids is 1. The van der Waals surface area contributed by atoms with Crippen molar-refractivity contribution in [2.24, 2.45) is 0 Å². The van der Waals surface area contributed by atoms with E-state index in [-0.39, 0.29) is 6.90 Å². The van der Waals surface area contributed by atoms with Gasteiger partial charge in [-0.05, 0) is 18.2 Å². The zero-order valence-corrected chi connectivity index (χ0v) is 9.44. The number of carbonyl (C=O) groups is 1. The second-order valence-electron chi connectivity index (χ2n) is 3.91. The van der Waals surface area contributed by atoms with Gasteiger partial charge in [0.05, 0.1) is 0 Å². The van der Waals surface area contributed by atoms with Crippen molar-refractivity contribution in [2.45, 2.75) is 19.4 Å². The molecule has 2 rings (SSSR count). The van der Waals surface area contributed by atoms with Crippen LogP contribution in [0.25, 0.3) is 10.9 Å².